The van der Waals surface area contributed by atoms with E-state index < -0.39 is 0 Å². The Labute approximate surface area is 88.9 Å². The lowest BCUT2D eigenvalue weighted by Crippen LogP contribution is -2.00. The Balaban J connectivity index is 2.34. The van der Waals surface area contributed by atoms with Crippen molar-refractivity contribution in [2.24, 2.45) is 7.05 Å². The molecule has 2 heteroatoms. The lowest BCUT2D eigenvalue weighted by atomic mass is 9.97. The molecule has 0 bridgehead atoms. The quantitative estimate of drug-likeness (QED) is 0.639. The molecule has 74 valence electrons. The lowest BCUT2D eigenvalue weighted by molar-refractivity contribution is 0.896. The molecule has 0 aromatic carbocycles. The van der Waals surface area contributed by atoms with E-state index in [0.29, 0.717) is 0 Å². The monoisotopic (exact) mass is 196 g/mol. The van der Waals surface area contributed by atoms with Crippen LogP contribution in [0.15, 0.2) is 24.5 Å². The Bertz CT molecular complexity index is 568. The summed E-state index contributed by atoms with van der Waals surface area (Å²) < 4.78 is 2.06. The van der Waals surface area contributed by atoms with Gasteiger partial charge in [-0.05, 0) is 30.5 Å². The van der Waals surface area contributed by atoms with Crippen molar-refractivity contribution < 1.29 is 0 Å². The minimum Gasteiger partial charge on any atom is -0.335 e. The molecule has 2 heterocycles. The first kappa shape index (κ1) is 8.55. The minimum atomic E-state index is 0.00252. The van der Waals surface area contributed by atoms with Gasteiger partial charge in [-0.25, -0.2) is 4.98 Å². The molecule has 1 saturated carbocycles. The number of terminal acetylenes is 1. The fourth-order valence-corrected chi connectivity index (χ4v) is 2.21. The predicted octanol–water partition coefficient (Wildman–Crippen LogP) is 2.24. The summed E-state index contributed by atoms with van der Waals surface area (Å²) in [5, 5.41) is 1.20. The molecular weight excluding hydrogens is 184 g/mol. The van der Waals surface area contributed by atoms with Crippen molar-refractivity contribution >= 4 is 11.0 Å². The van der Waals surface area contributed by atoms with Gasteiger partial charge in [0, 0.05) is 24.8 Å². The first-order chi connectivity index (χ1) is 7.27. The molecule has 0 saturated heterocycles. The number of rotatable bonds is 1. The molecule has 15 heavy (non-hydrogen) atoms. The summed E-state index contributed by atoms with van der Waals surface area (Å²) in [5.74, 6) is 2.93. The summed E-state index contributed by atoms with van der Waals surface area (Å²) in [5.41, 5.74) is 2.30. The maximum absolute atomic E-state index is 5.62. The van der Waals surface area contributed by atoms with Gasteiger partial charge >= 0.3 is 0 Å². The molecule has 1 aliphatic rings. The van der Waals surface area contributed by atoms with Crippen molar-refractivity contribution in [2.75, 3.05) is 0 Å². The summed E-state index contributed by atoms with van der Waals surface area (Å²) in [7, 11) is 2.02. The van der Waals surface area contributed by atoms with E-state index in [1.165, 1.54) is 10.9 Å². The summed E-state index contributed by atoms with van der Waals surface area (Å²) in [6.07, 6.45) is 11.8. The number of fused-ring (bicyclic) bond motifs is 1. The molecule has 0 radical (unpaired) electrons. The summed E-state index contributed by atoms with van der Waals surface area (Å²) in [4.78, 5) is 4.37. The van der Waals surface area contributed by atoms with E-state index in [1.807, 2.05) is 19.3 Å². The van der Waals surface area contributed by atoms with Crippen LogP contribution in [0.4, 0.5) is 0 Å². The van der Waals surface area contributed by atoms with Crippen LogP contribution in [0.1, 0.15) is 18.4 Å². The highest BCUT2D eigenvalue weighted by molar-refractivity contribution is 5.83. The highest BCUT2D eigenvalue weighted by Gasteiger charge is 2.44. The van der Waals surface area contributed by atoms with E-state index in [1.54, 1.807) is 0 Å². The SMILES string of the molecule is C#CC1(c2cn(C)c3ncccc23)CC1. The number of hydrogen-bond donors (Lipinski definition) is 0. The molecule has 2 nitrogen and oxygen atoms in total. The van der Waals surface area contributed by atoms with Gasteiger partial charge in [0.05, 0.1) is 5.41 Å². The summed E-state index contributed by atoms with van der Waals surface area (Å²) in [6, 6.07) is 4.08. The third kappa shape index (κ3) is 1.04. The van der Waals surface area contributed by atoms with E-state index in [2.05, 4.69) is 27.7 Å². The molecular formula is C13H12N2. The van der Waals surface area contributed by atoms with Crippen LogP contribution < -0.4 is 0 Å². The van der Waals surface area contributed by atoms with Gasteiger partial charge in [0.2, 0.25) is 0 Å². The maximum atomic E-state index is 5.62. The van der Waals surface area contributed by atoms with Gasteiger partial charge in [0.15, 0.2) is 0 Å². The molecule has 1 fully saturated rings. The highest BCUT2D eigenvalue weighted by atomic mass is 15.0. The van der Waals surface area contributed by atoms with Gasteiger partial charge in [0.25, 0.3) is 0 Å². The van der Waals surface area contributed by atoms with E-state index >= 15 is 0 Å². The Morgan fingerprint density at radius 3 is 3.00 bits per heavy atom. The largest absolute Gasteiger partial charge is 0.335 e. The topological polar surface area (TPSA) is 17.8 Å². The van der Waals surface area contributed by atoms with Crippen LogP contribution >= 0.6 is 0 Å². The normalized spacial score (nSPS) is 17.6. The average Bonchev–Trinajstić information content (AvgIpc) is 3.00. The summed E-state index contributed by atoms with van der Waals surface area (Å²) >= 11 is 0. The van der Waals surface area contributed by atoms with Crippen LogP contribution in [0.3, 0.4) is 0 Å². The number of aryl methyl sites for hydroxylation is 1. The van der Waals surface area contributed by atoms with Gasteiger partial charge in [-0.3, -0.25) is 0 Å². The van der Waals surface area contributed by atoms with Crippen molar-refractivity contribution in [3.63, 3.8) is 0 Å². The van der Waals surface area contributed by atoms with Crippen LogP contribution in [-0.4, -0.2) is 9.55 Å². The van der Waals surface area contributed by atoms with E-state index in [9.17, 15) is 0 Å². The van der Waals surface area contributed by atoms with Gasteiger partial charge in [-0.2, -0.15) is 0 Å². The molecule has 0 aliphatic heterocycles. The second kappa shape index (κ2) is 2.64. The molecule has 0 unspecified atom stereocenters. The standard InChI is InChI=1S/C13H12N2/c1-3-13(6-7-13)11-9-15(2)12-10(11)5-4-8-14-12/h1,4-5,8-9H,6-7H2,2H3. The Kier molecular flexibility index (Phi) is 1.50. The van der Waals surface area contributed by atoms with Crippen LogP contribution in [0.2, 0.25) is 0 Å². The molecule has 2 aromatic heterocycles. The van der Waals surface area contributed by atoms with Crippen molar-refractivity contribution in [1.82, 2.24) is 9.55 Å². The summed E-state index contributed by atoms with van der Waals surface area (Å²) in [6.45, 7) is 0. The lowest BCUT2D eigenvalue weighted by Gasteiger charge is -2.04. The van der Waals surface area contributed by atoms with Gasteiger partial charge < -0.3 is 4.57 Å². The minimum absolute atomic E-state index is 0.00252. The van der Waals surface area contributed by atoms with Gasteiger partial charge in [-0.15, -0.1) is 6.42 Å². The smallest absolute Gasteiger partial charge is 0.139 e. The van der Waals surface area contributed by atoms with Crippen LogP contribution in [-0.2, 0) is 12.5 Å². The zero-order chi connectivity index (χ0) is 10.5. The molecule has 0 atom stereocenters. The fraction of sp³-hybridized carbons (Fsp3) is 0.308. The fourth-order valence-electron chi connectivity index (χ4n) is 2.21. The zero-order valence-corrected chi connectivity index (χ0v) is 8.70. The van der Waals surface area contributed by atoms with Gasteiger partial charge in [0.1, 0.15) is 5.65 Å². The Morgan fingerprint density at radius 1 is 1.53 bits per heavy atom. The number of nitrogens with zero attached hydrogens (tertiary/aromatic N) is 2. The number of hydrogen-bond acceptors (Lipinski definition) is 1. The van der Waals surface area contributed by atoms with Crippen molar-refractivity contribution in [3.05, 3.63) is 30.1 Å². The molecule has 2 aromatic rings. The van der Waals surface area contributed by atoms with E-state index in [0.717, 1.165) is 18.5 Å². The first-order valence-corrected chi connectivity index (χ1v) is 5.15. The molecule has 0 spiro atoms. The van der Waals surface area contributed by atoms with Crippen LogP contribution in [0.25, 0.3) is 11.0 Å². The van der Waals surface area contributed by atoms with E-state index in [4.69, 9.17) is 6.42 Å². The zero-order valence-electron chi connectivity index (χ0n) is 8.70. The van der Waals surface area contributed by atoms with Crippen LogP contribution in [0.5, 0.6) is 0 Å². The predicted molar refractivity (Wildman–Crippen MR) is 60.5 cm³/mol. The second-order valence-electron chi connectivity index (χ2n) is 4.25. The van der Waals surface area contributed by atoms with Gasteiger partial charge in [-0.1, -0.05) is 5.92 Å². The third-order valence-electron chi connectivity index (χ3n) is 3.28. The Morgan fingerprint density at radius 2 is 2.33 bits per heavy atom. The van der Waals surface area contributed by atoms with Crippen molar-refractivity contribution in [1.29, 1.82) is 0 Å². The molecule has 0 amide bonds. The Hall–Kier alpha value is -1.75. The number of aromatic nitrogens is 2. The molecule has 1 aliphatic carbocycles. The van der Waals surface area contributed by atoms with E-state index in [-0.39, 0.29) is 5.41 Å². The van der Waals surface area contributed by atoms with Crippen molar-refractivity contribution in [2.45, 2.75) is 18.3 Å². The average molecular weight is 196 g/mol. The maximum Gasteiger partial charge on any atom is 0.139 e. The number of pyridine rings is 1. The second-order valence-corrected chi connectivity index (χ2v) is 4.25. The molecule has 0 N–H and O–H groups in total. The highest BCUT2D eigenvalue weighted by Crippen LogP contribution is 2.49. The van der Waals surface area contributed by atoms with Crippen LogP contribution in [0, 0.1) is 12.3 Å². The first-order valence-electron chi connectivity index (χ1n) is 5.15. The molecule has 3 rings (SSSR count). The van der Waals surface area contributed by atoms with Crippen molar-refractivity contribution in [3.8, 4) is 12.3 Å². The third-order valence-corrected chi connectivity index (χ3v) is 3.28.